The van der Waals surface area contributed by atoms with Crippen molar-refractivity contribution in [3.8, 4) is 5.75 Å². The normalized spacial score (nSPS) is 21.9. The van der Waals surface area contributed by atoms with Crippen LogP contribution in [0.4, 0.5) is 0 Å². The van der Waals surface area contributed by atoms with Crippen molar-refractivity contribution in [1.82, 2.24) is 0 Å². The average Bonchev–Trinajstić information content (AvgIpc) is 3.41. The van der Waals surface area contributed by atoms with Crippen LogP contribution in [0.25, 0.3) is 0 Å². The van der Waals surface area contributed by atoms with Gasteiger partial charge in [0.1, 0.15) is 11.9 Å². The molecule has 2 unspecified atom stereocenters. The standard InChI is InChI=1S/C21H16O3/c22-20(23-18-14-8-3-9-15-18)21(17-12-6-2-7-13-17)19(24-21)16-10-4-1-5-11-16/h1-15,19H. The summed E-state index contributed by atoms with van der Waals surface area (Å²) in [5.41, 5.74) is 0.685. The van der Waals surface area contributed by atoms with Crippen LogP contribution >= 0.6 is 0 Å². The van der Waals surface area contributed by atoms with Crippen LogP contribution in [0, 0.1) is 0 Å². The van der Waals surface area contributed by atoms with Crippen molar-refractivity contribution in [2.24, 2.45) is 0 Å². The first-order chi connectivity index (χ1) is 11.8. The second kappa shape index (κ2) is 5.95. The molecule has 0 saturated carbocycles. The van der Waals surface area contributed by atoms with E-state index in [2.05, 4.69) is 0 Å². The fourth-order valence-corrected chi connectivity index (χ4v) is 2.93. The van der Waals surface area contributed by atoms with Gasteiger partial charge in [-0.05, 0) is 23.3 Å². The van der Waals surface area contributed by atoms with Gasteiger partial charge in [-0.1, -0.05) is 78.9 Å². The molecule has 1 fully saturated rings. The van der Waals surface area contributed by atoms with E-state index in [9.17, 15) is 4.79 Å². The molecule has 0 aromatic heterocycles. The highest BCUT2D eigenvalue weighted by molar-refractivity contribution is 5.87. The van der Waals surface area contributed by atoms with Gasteiger partial charge in [-0.15, -0.1) is 0 Å². The van der Waals surface area contributed by atoms with Crippen molar-refractivity contribution in [2.45, 2.75) is 11.7 Å². The first-order valence-electron chi connectivity index (χ1n) is 7.86. The summed E-state index contributed by atoms with van der Waals surface area (Å²) in [5.74, 6) is 0.119. The summed E-state index contributed by atoms with van der Waals surface area (Å²) < 4.78 is 11.5. The van der Waals surface area contributed by atoms with Crippen LogP contribution in [0.3, 0.4) is 0 Å². The van der Waals surface area contributed by atoms with Gasteiger partial charge in [-0.3, -0.25) is 0 Å². The summed E-state index contributed by atoms with van der Waals surface area (Å²) in [6.07, 6.45) is -0.336. The Balaban J connectivity index is 1.69. The zero-order chi connectivity index (χ0) is 16.4. The van der Waals surface area contributed by atoms with Gasteiger partial charge in [-0.2, -0.15) is 0 Å². The van der Waals surface area contributed by atoms with E-state index in [4.69, 9.17) is 9.47 Å². The second-order valence-corrected chi connectivity index (χ2v) is 5.71. The molecule has 3 heteroatoms. The summed E-state index contributed by atoms with van der Waals surface area (Å²) >= 11 is 0. The highest BCUT2D eigenvalue weighted by Gasteiger charge is 2.66. The highest BCUT2D eigenvalue weighted by atomic mass is 16.7. The Bertz CT molecular complexity index is 831. The molecule has 3 aromatic carbocycles. The molecule has 4 rings (SSSR count). The lowest BCUT2D eigenvalue weighted by Gasteiger charge is -2.13. The Labute approximate surface area is 140 Å². The monoisotopic (exact) mass is 316 g/mol. The van der Waals surface area contributed by atoms with Gasteiger partial charge in [0, 0.05) is 0 Å². The number of rotatable bonds is 4. The Kier molecular flexibility index (Phi) is 3.63. The topological polar surface area (TPSA) is 38.8 Å². The molecule has 3 nitrogen and oxygen atoms in total. The summed E-state index contributed by atoms with van der Waals surface area (Å²) in [5, 5.41) is 0. The number of carbonyl (C=O) groups is 1. The van der Waals surface area contributed by atoms with E-state index < -0.39 is 11.6 Å². The number of esters is 1. The number of epoxide rings is 1. The second-order valence-electron chi connectivity index (χ2n) is 5.71. The quantitative estimate of drug-likeness (QED) is 0.410. The number of carbonyl (C=O) groups excluding carboxylic acids is 1. The van der Waals surface area contributed by atoms with Crippen LogP contribution in [0.2, 0.25) is 0 Å². The maximum Gasteiger partial charge on any atom is 0.351 e. The molecule has 24 heavy (non-hydrogen) atoms. The van der Waals surface area contributed by atoms with Crippen LogP contribution in [0.5, 0.6) is 5.75 Å². The molecule has 1 aliphatic heterocycles. The summed E-state index contributed by atoms with van der Waals surface area (Å²) in [7, 11) is 0. The maximum atomic E-state index is 12.9. The summed E-state index contributed by atoms with van der Waals surface area (Å²) in [6, 6.07) is 28.3. The molecule has 0 radical (unpaired) electrons. The van der Waals surface area contributed by atoms with E-state index in [1.807, 2.05) is 78.9 Å². The van der Waals surface area contributed by atoms with Gasteiger partial charge >= 0.3 is 5.97 Å². The van der Waals surface area contributed by atoms with Crippen molar-refractivity contribution in [2.75, 3.05) is 0 Å². The molecule has 0 bridgehead atoms. The molecule has 1 saturated heterocycles. The minimum Gasteiger partial charge on any atom is -0.424 e. The summed E-state index contributed by atoms with van der Waals surface area (Å²) in [4.78, 5) is 12.9. The first kappa shape index (κ1) is 14.7. The van der Waals surface area contributed by atoms with Crippen LogP contribution in [-0.4, -0.2) is 5.97 Å². The predicted octanol–water partition coefficient (Wildman–Crippen LogP) is 4.26. The van der Waals surface area contributed by atoms with Crippen LogP contribution < -0.4 is 4.74 Å². The lowest BCUT2D eigenvalue weighted by molar-refractivity contribution is -0.140. The number of para-hydroxylation sites is 1. The van der Waals surface area contributed by atoms with Gasteiger partial charge in [0.2, 0.25) is 5.60 Å². The number of hydrogen-bond donors (Lipinski definition) is 0. The number of ether oxygens (including phenoxy) is 2. The Morgan fingerprint density at radius 3 is 1.96 bits per heavy atom. The molecule has 0 spiro atoms. The largest absolute Gasteiger partial charge is 0.424 e. The zero-order valence-corrected chi connectivity index (χ0v) is 13.0. The molecule has 0 aliphatic carbocycles. The lowest BCUT2D eigenvalue weighted by Crippen LogP contribution is -2.28. The van der Waals surface area contributed by atoms with Crippen molar-refractivity contribution >= 4 is 5.97 Å². The Hall–Kier alpha value is -2.91. The third-order valence-corrected chi connectivity index (χ3v) is 4.18. The predicted molar refractivity (Wildman–Crippen MR) is 90.5 cm³/mol. The van der Waals surface area contributed by atoms with Gasteiger partial charge in [0.15, 0.2) is 0 Å². The zero-order valence-electron chi connectivity index (χ0n) is 13.0. The molecule has 0 amide bonds. The molecular formula is C21H16O3. The van der Waals surface area contributed by atoms with Crippen molar-refractivity contribution < 1.29 is 14.3 Å². The van der Waals surface area contributed by atoms with E-state index in [0.717, 1.165) is 11.1 Å². The smallest absolute Gasteiger partial charge is 0.351 e. The Morgan fingerprint density at radius 1 is 0.792 bits per heavy atom. The third-order valence-electron chi connectivity index (χ3n) is 4.18. The van der Waals surface area contributed by atoms with Crippen molar-refractivity contribution in [3.05, 3.63) is 102 Å². The lowest BCUT2D eigenvalue weighted by atomic mass is 9.92. The van der Waals surface area contributed by atoms with Gasteiger partial charge in [0.05, 0.1) is 0 Å². The molecule has 118 valence electrons. The van der Waals surface area contributed by atoms with Crippen LogP contribution in [0.15, 0.2) is 91.0 Å². The van der Waals surface area contributed by atoms with E-state index >= 15 is 0 Å². The SMILES string of the molecule is O=C(Oc1ccccc1)C1(c2ccccc2)OC1c1ccccc1. The van der Waals surface area contributed by atoms with Crippen LogP contribution in [0.1, 0.15) is 17.2 Å². The van der Waals surface area contributed by atoms with Crippen LogP contribution in [-0.2, 0) is 15.1 Å². The number of benzene rings is 3. The van der Waals surface area contributed by atoms with Gasteiger partial charge < -0.3 is 9.47 Å². The molecule has 3 aromatic rings. The van der Waals surface area contributed by atoms with Crippen molar-refractivity contribution in [1.29, 1.82) is 0 Å². The molecular weight excluding hydrogens is 300 g/mol. The average molecular weight is 316 g/mol. The maximum absolute atomic E-state index is 12.9. The molecule has 1 heterocycles. The fraction of sp³-hybridized carbons (Fsp3) is 0.0952. The first-order valence-corrected chi connectivity index (χ1v) is 7.86. The number of hydrogen-bond acceptors (Lipinski definition) is 3. The molecule has 0 N–H and O–H groups in total. The molecule has 1 aliphatic rings. The van der Waals surface area contributed by atoms with E-state index in [1.165, 1.54) is 0 Å². The minimum absolute atomic E-state index is 0.336. The summed E-state index contributed by atoms with van der Waals surface area (Å²) in [6.45, 7) is 0. The highest BCUT2D eigenvalue weighted by Crippen LogP contribution is 2.57. The van der Waals surface area contributed by atoms with E-state index in [1.54, 1.807) is 12.1 Å². The minimum atomic E-state index is -1.08. The van der Waals surface area contributed by atoms with E-state index in [-0.39, 0.29) is 6.10 Å². The Morgan fingerprint density at radius 2 is 1.33 bits per heavy atom. The van der Waals surface area contributed by atoms with E-state index in [0.29, 0.717) is 5.75 Å². The third kappa shape index (κ3) is 2.49. The fourth-order valence-electron chi connectivity index (χ4n) is 2.93. The van der Waals surface area contributed by atoms with Gasteiger partial charge in [-0.25, -0.2) is 4.79 Å². The van der Waals surface area contributed by atoms with Gasteiger partial charge in [0.25, 0.3) is 0 Å². The van der Waals surface area contributed by atoms with Crippen molar-refractivity contribution in [3.63, 3.8) is 0 Å². The molecule has 2 atom stereocenters.